The van der Waals surface area contributed by atoms with Gasteiger partial charge >= 0.3 is 0 Å². The molecule has 0 radical (unpaired) electrons. The fraction of sp³-hybridized carbons (Fsp3) is 0.385. The van der Waals surface area contributed by atoms with Crippen LogP contribution >= 0.6 is 11.3 Å². The fourth-order valence-electron chi connectivity index (χ4n) is 1.54. The highest BCUT2D eigenvalue weighted by atomic mass is 32.1. The number of carbonyl (C=O) groups is 1. The lowest BCUT2D eigenvalue weighted by Gasteiger charge is -2.05. The number of nitrogens with zero attached hydrogens (tertiary/aromatic N) is 3. The van der Waals surface area contributed by atoms with Gasteiger partial charge in [-0.05, 0) is 13.3 Å². The van der Waals surface area contributed by atoms with Gasteiger partial charge < -0.3 is 10.6 Å². The fourth-order valence-corrected chi connectivity index (χ4v) is 2.25. The van der Waals surface area contributed by atoms with Crippen LogP contribution in [0.5, 0.6) is 0 Å². The van der Waals surface area contributed by atoms with Gasteiger partial charge in [-0.3, -0.25) is 4.79 Å². The van der Waals surface area contributed by atoms with Crippen molar-refractivity contribution in [3.8, 4) is 0 Å². The normalized spacial score (nSPS) is 10.3. The first-order valence-electron chi connectivity index (χ1n) is 6.43. The van der Waals surface area contributed by atoms with Crippen LogP contribution in [0.2, 0.25) is 0 Å². The van der Waals surface area contributed by atoms with Gasteiger partial charge in [0.25, 0.3) is 5.91 Å². The van der Waals surface area contributed by atoms with Crippen LogP contribution in [0.3, 0.4) is 0 Å². The van der Waals surface area contributed by atoms with Crippen LogP contribution in [-0.4, -0.2) is 27.4 Å². The van der Waals surface area contributed by atoms with E-state index in [0.717, 1.165) is 23.5 Å². The second-order valence-corrected chi connectivity index (χ2v) is 5.20. The number of amides is 1. The van der Waals surface area contributed by atoms with Crippen molar-refractivity contribution >= 4 is 23.1 Å². The van der Waals surface area contributed by atoms with E-state index in [1.165, 1.54) is 17.5 Å². The topological polar surface area (TPSA) is 79.8 Å². The second kappa shape index (κ2) is 6.95. The van der Waals surface area contributed by atoms with Gasteiger partial charge in [0.1, 0.15) is 11.5 Å². The van der Waals surface area contributed by atoms with Gasteiger partial charge in [-0.25, -0.2) is 15.0 Å². The van der Waals surface area contributed by atoms with E-state index in [0.29, 0.717) is 18.1 Å². The summed E-state index contributed by atoms with van der Waals surface area (Å²) < 4.78 is 0. The van der Waals surface area contributed by atoms with Gasteiger partial charge in [0, 0.05) is 11.4 Å². The maximum Gasteiger partial charge on any atom is 0.271 e. The molecular weight excluding hydrogens is 274 g/mol. The van der Waals surface area contributed by atoms with Crippen LogP contribution < -0.4 is 10.6 Å². The molecule has 0 fully saturated rings. The molecule has 7 heteroatoms. The van der Waals surface area contributed by atoms with Crippen molar-refractivity contribution < 1.29 is 4.79 Å². The molecule has 2 aromatic rings. The third-order valence-corrected chi connectivity index (χ3v) is 3.63. The Bertz CT molecular complexity index is 566. The number of thiazole rings is 1. The molecule has 20 heavy (non-hydrogen) atoms. The quantitative estimate of drug-likeness (QED) is 0.851. The summed E-state index contributed by atoms with van der Waals surface area (Å²) in [4.78, 5) is 25.4. The standard InChI is InChI=1S/C13H17N5OS/c1-3-4-14-12-7-15-10(5-16-12)13(19)17-6-11-9(2)18-8-20-11/h5,7-8H,3-4,6H2,1-2H3,(H,14,16)(H,17,19). The first-order valence-corrected chi connectivity index (χ1v) is 7.31. The Morgan fingerprint density at radius 2 is 2.15 bits per heavy atom. The van der Waals surface area contributed by atoms with Crippen molar-refractivity contribution in [2.24, 2.45) is 0 Å². The molecule has 0 atom stereocenters. The van der Waals surface area contributed by atoms with Gasteiger partial charge in [-0.15, -0.1) is 11.3 Å². The van der Waals surface area contributed by atoms with Crippen LogP contribution in [0, 0.1) is 6.92 Å². The number of anilines is 1. The highest BCUT2D eigenvalue weighted by molar-refractivity contribution is 7.09. The molecule has 2 rings (SSSR count). The van der Waals surface area contributed by atoms with E-state index in [2.05, 4.69) is 32.5 Å². The number of hydrogen-bond donors (Lipinski definition) is 2. The first-order chi connectivity index (χ1) is 9.70. The lowest BCUT2D eigenvalue weighted by atomic mass is 10.3. The molecule has 0 aliphatic rings. The second-order valence-electron chi connectivity index (χ2n) is 4.26. The SMILES string of the molecule is CCCNc1cnc(C(=O)NCc2scnc2C)cn1. The molecule has 0 saturated carbocycles. The van der Waals surface area contributed by atoms with E-state index in [1.54, 1.807) is 11.7 Å². The molecule has 0 aliphatic heterocycles. The average Bonchev–Trinajstić information content (AvgIpc) is 2.88. The van der Waals surface area contributed by atoms with Gasteiger partial charge in [0.2, 0.25) is 0 Å². The first kappa shape index (κ1) is 14.4. The maximum atomic E-state index is 11.9. The van der Waals surface area contributed by atoms with Crippen LogP contribution in [0.1, 0.15) is 34.4 Å². The Labute approximate surface area is 121 Å². The Balaban J connectivity index is 1.90. The third kappa shape index (κ3) is 3.74. The summed E-state index contributed by atoms with van der Waals surface area (Å²) in [5.41, 5.74) is 3.03. The van der Waals surface area contributed by atoms with Crippen LogP contribution in [0.15, 0.2) is 17.9 Å². The Hall–Kier alpha value is -2.02. The monoisotopic (exact) mass is 291 g/mol. The van der Waals surface area contributed by atoms with E-state index >= 15 is 0 Å². The molecular formula is C13H17N5OS. The Morgan fingerprint density at radius 1 is 1.30 bits per heavy atom. The third-order valence-electron chi connectivity index (χ3n) is 2.69. The van der Waals surface area contributed by atoms with E-state index in [9.17, 15) is 4.79 Å². The summed E-state index contributed by atoms with van der Waals surface area (Å²) in [5, 5.41) is 5.92. The Morgan fingerprint density at radius 3 is 2.75 bits per heavy atom. The minimum Gasteiger partial charge on any atom is -0.369 e. The molecule has 6 nitrogen and oxygen atoms in total. The summed E-state index contributed by atoms with van der Waals surface area (Å²) in [6, 6.07) is 0. The van der Waals surface area contributed by atoms with Gasteiger partial charge in [-0.1, -0.05) is 6.92 Å². The van der Waals surface area contributed by atoms with Gasteiger partial charge in [-0.2, -0.15) is 0 Å². The van der Waals surface area contributed by atoms with Crippen LogP contribution in [0.4, 0.5) is 5.82 Å². The van der Waals surface area contributed by atoms with E-state index in [-0.39, 0.29) is 5.91 Å². The predicted molar refractivity (Wildman–Crippen MR) is 78.8 cm³/mol. The number of aryl methyl sites for hydroxylation is 1. The number of nitrogens with one attached hydrogen (secondary N) is 2. The van der Waals surface area contributed by atoms with E-state index < -0.39 is 0 Å². The number of rotatable bonds is 6. The molecule has 2 N–H and O–H groups in total. The number of hydrogen-bond acceptors (Lipinski definition) is 6. The van der Waals surface area contributed by atoms with Crippen molar-refractivity contribution in [3.05, 3.63) is 34.2 Å². The summed E-state index contributed by atoms with van der Waals surface area (Å²) in [6.07, 6.45) is 4.06. The molecule has 0 saturated heterocycles. The van der Waals surface area contributed by atoms with E-state index in [4.69, 9.17) is 0 Å². The minimum absolute atomic E-state index is 0.229. The average molecular weight is 291 g/mol. The van der Waals surface area contributed by atoms with Gasteiger partial charge in [0.05, 0.1) is 30.1 Å². The summed E-state index contributed by atoms with van der Waals surface area (Å²) in [7, 11) is 0. The highest BCUT2D eigenvalue weighted by Crippen LogP contribution is 2.11. The summed E-state index contributed by atoms with van der Waals surface area (Å²) in [5.74, 6) is 0.453. The van der Waals surface area contributed by atoms with Crippen molar-refractivity contribution in [1.29, 1.82) is 0 Å². The zero-order valence-corrected chi connectivity index (χ0v) is 12.3. The van der Waals surface area contributed by atoms with Crippen molar-refractivity contribution in [2.45, 2.75) is 26.8 Å². The number of aromatic nitrogens is 3. The Kier molecular flexibility index (Phi) is 5.00. The lowest BCUT2D eigenvalue weighted by molar-refractivity contribution is 0.0946. The molecule has 0 unspecified atom stereocenters. The molecule has 106 valence electrons. The lowest BCUT2D eigenvalue weighted by Crippen LogP contribution is -2.24. The summed E-state index contributed by atoms with van der Waals surface area (Å²) in [6.45, 7) is 5.30. The molecule has 0 spiro atoms. The highest BCUT2D eigenvalue weighted by Gasteiger charge is 2.09. The largest absolute Gasteiger partial charge is 0.369 e. The molecule has 2 heterocycles. The summed E-state index contributed by atoms with van der Waals surface area (Å²) >= 11 is 1.53. The number of carbonyl (C=O) groups excluding carboxylic acids is 1. The van der Waals surface area contributed by atoms with Crippen molar-refractivity contribution in [3.63, 3.8) is 0 Å². The van der Waals surface area contributed by atoms with E-state index in [1.807, 2.05) is 6.92 Å². The van der Waals surface area contributed by atoms with Crippen LogP contribution in [-0.2, 0) is 6.54 Å². The zero-order valence-electron chi connectivity index (χ0n) is 11.5. The van der Waals surface area contributed by atoms with Crippen LogP contribution in [0.25, 0.3) is 0 Å². The molecule has 2 aromatic heterocycles. The van der Waals surface area contributed by atoms with Crippen molar-refractivity contribution in [2.75, 3.05) is 11.9 Å². The predicted octanol–water partition coefficient (Wildman–Crippen LogP) is 1.99. The zero-order chi connectivity index (χ0) is 14.4. The minimum atomic E-state index is -0.229. The van der Waals surface area contributed by atoms with Gasteiger partial charge in [0.15, 0.2) is 0 Å². The smallest absolute Gasteiger partial charge is 0.271 e. The molecule has 0 aliphatic carbocycles. The molecule has 0 bridgehead atoms. The maximum absolute atomic E-state index is 11.9. The molecule has 0 aromatic carbocycles. The van der Waals surface area contributed by atoms with Crippen molar-refractivity contribution in [1.82, 2.24) is 20.3 Å². The molecule has 1 amide bonds.